The lowest BCUT2D eigenvalue weighted by atomic mass is 10.2. The van der Waals surface area contributed by atoms with Gasteiger partial charge in [0.25, 0.3) is 5.91 Å². The molecule has 1 saturated carbocycles. The summed E-state index contributed by atoms with van der Waals surface area (Å²) in [6.07, 6.45) is 1.97. The SMILES string of the molecule is O=C(NCCNC(=O)C1CC1)c1cccc(Cl)c1. The normalized spacial score (nSPS) is 14.1. The molecular weight excluding hydrogens is 252 g/mol. The first-order valence-electron chi connectivity index (χ1n) is 5.98. The third-order valence-electron chi connectivity index (χ3n) is 2.74. The predicted octanol–water partition coefficient (Wildman–Crippen LogP) is 1.60. The van der Waals surface area contributed by atoms with Gasteiger partial charge in [0, 0.05) is 29.6 Å². The Hall–Kier alpha value is -1.55. The van der Waals surface area contributed by atoms with Crippen molar-refractivity contribution in [3.05, 3.63) is 34.9 Å². The summed E-state index contributed by atoms with van der Waals surface area (Å²) >= 11 is 5.80. The molecule has 0 aliphatic heterocycles. The van der Waals surface area contributed by atoms with Gasteiger partial charge in [0.15, 0.2) is 0 Å². The Morgan fingerprint density at radius 2 is 1.94 bits per heavy atom. The van der Waals surface area contributed by atoms with Crippen LogP contribution in [0.25, 0.3) is 0 Å². The largest absolute Gasteiger partial charge is 0.354 e. The maximum Gasteiger partial charge on any atom is 0.251 e. The Labute approximate surface area is 111 Å². The van der Waals surface area contributed by atoms with E-state index in [0.717, 1.165) is 12.8 Å². The Morgan fingerprint density at radius 1 is 1.22 bits per heavy atom. The molecule has 2 amide bonds. The molecular formula is C13H15ClN2O2. The molecule has 1 aromatic carbocycles. The molecule has 1 aromatic rings. The second-order valence-corrected chi connectivity index (χ2v) is 4.77. The lowest BCUT2D eigenvalue weighted by Crippen LogP contribution is -2.35. The van der Waals surface area contributed by atoms with E-state index in [0.29, 0.717) is 23.7 Å². The van der Waals surface area contributed by atoms with Crippen LogP contribution in [0.3, 0.4) is 0 Å². The Morgan fingerprint density at radius 3 is 2.61 bits per heavy atom. The number of hydrogen-bond acceptors (Lipinski definition) is 2. The third kappa shape index (κ3) is 3.74. The molecule has 0 bridgehead atoms. The summed E-state index contributed by atoms with van der Waals surface area (Å²) in [7, 11) is 0. The zero-order chi connectivity index (χ0) is 13.0. The number of amides is 2. The fourth-order valence-electron chi connectivity index (χ4n) is 1.58. The predicted molar refractivity (Wildman–Crippen MR) is 69.5 cm³/mol. The van der Waals surface area contributed by atoms with Crippen LogP contribution >= 0.6 is 11.6 Å². The molecule has 1 aliphatic carbocycles. The van der Waals surface area contributed by atoms with Crippen LogP contribution in [0.15, 0.2) is 24.3 Å². The second kappa shape index (κ2) is 5.87. The van der Waals surface area contributed by atoms with Gasteiger partial charge in [-0.1, -0.05) is 17.7 Å². The molecule has 0 atom stereocenters. The van der Waals surface area contributed by atoms with Crippen molar-refractivity contribution in [3.63, 3.8) is 0 Å². The summed E-state index contributed by atoms with van der Waals surface area (Å²) in [6.45, 7) is 0.880. The highest BCUT2D eigenvalue weighted by atomic mass is 35.5. The van der Waals surface area contributed by atoms with Crippen LogP contribution < -0.4 is 10.6 Å². The van der Waals surface area contributed by atoms with Gasteiger partial charge in [-0.15, -0.1) is 0 Å². The lowest BCUT2D eigenvalue weighted by Gasteiger charge is -2.06. The maximum absolute atomic E-state index is 11.7. The first-order valence-corrected chi connectivity index (χ1v) is 6.36. The van der Waals surface area contributed by atoms with Gasteiger partial charge in [0.05, 0.1) is 0 Å². The van der Waals surface area contributed by atoms with Gasteiger partial charge in [-0.2, -0.15) is 0 Å². The van der Waals surface area contributed by atoms with Crippen molar-refractivity contribution < 1.29 is 9.59 Å². The summed E-state index contributed by atoms with van der Waals surface area (Å²) in [4.78, 5) is 23.0. The molecule has 96 valence electrons. The molecule has 1 aliphatic rings. The Balaban J connectivity index is 1.69. The van der Waals surface area contributed by atoms with Crippen molar-refractivity contribution in [1.82, 2.24) is 10.6 Å². The minimum Gasteiger partial charge on any atom is -0.354 e. The quantitative estimate of drug-likeness (QED) is 0.796. The number of halogens is 1. The summed E-state index contributed by atoms with van der Waals surface area (Å²) in [5.74, 6) is 0.110. The molecule has 4 nitrogen and oxygen atoms in total. The average Bonchev–Trinajstić information content (AvgIpc) is 3.18. The van der Waals surface area contributed by atoms with Gasteiger partial charge in [-0.3, -0.25) is 9.59 Å². The average molecular weight is 267 g/mol. The zero-order valence-corrected chi connectivity index (χ0v) is 10.7. The highest BCUT2D eigenvalue weighted by molar-refractivity contribution is 6.30. The van der Waals surface area contributed by atoms with Crippen molar-refractivity contribution in [1.29, 1.82) is 0 Å². The van der Waals surface area contributed by atoms with E-state index in [1.54, 1.807) is 24.3 Å². The monoisotopic (exact) mass is 266 g/mol. The van der Waals surface area contributed by atoms with E-state index < -0.39 is 0 Å². The fourth-order valence-corrected chi connectivity index (χ4v) is 1.77. The second-order valence-electron chi connectivity index (χ2n) is 4.33. The van der Waals surface area contributed by atoms with Crippen LogP contribution in [-0.4, -0.2) is 24.9 Å². The van der Waals surface area contributed by atoms with Gasteiger partial charge < -0.3 is 10.6 Å². The number of carbonyl (C=O) groups excluding carboxylic acids is 2. The van der Waals surface area contributed by atoms with Gasteiger partial charge in [0.1, 0.15) is 0 Å². The summed E-state index contributed by atoms with van der Waals surface area (Å²) in [5.41, 5.74) is 0.524. The minimum absolute atomic E-state index is 0.0898. The van der Waals surface area contributed by atoms with Crippen molar-refractivity contribution >= 4 is 23.4 Å². The lowest BCUT2D eigenvalue weighted by molar-refractivity contribution is -0.122. The van der Waals surface area contributed by atoms with Gasteiger partial charge >= 0.3 is 0 Å². The fraction of sp³-hybridized carbons (Fsp3) is 0.385. The molecule has 18 heavy (non-hydrogen) atoms. The topological polar surface area (TPSA) is 58.2 Å². The van der Waals surface area contributed by atoms with E-state index in [2.05, 4.69) is 10.6 Å². The van der Waals surface area contributed by atoms with Crippen molar-refractivity contribution in [3.8, 4) is 0 Å². The van der Waals surface area contributed by atoms with Crippen molar-refractivity contribution in [2.24, 2.45) is 5.92 Å². The minimum atomic E-state index is -0.182. The number of nitrogens with one attached hydrogen (secondary N) is 2. The smallest absolute Gasteiger partial charge is 0.251 e. The zero-order valence-electron chi connectivity index (χ0n) is 9.91. The van der Waals surface area contributed by atoms with Crippen molar-refractivity contribution in [2.45, 2.75) is 12.8 Å². The maximum atomic E-state index is 11.7. The molecule has 5 heteroatoms. The van der Waals surface area contributed by atoms with Crippen LogP contribution in [0, 0.1) is 5.92 Å². The number of carbonyl (C=O) groups is 2. The first-order chi connectivity index (χ1) is 8.66. The molecule has 1 fully saturated rings. The Bertz CT molecular complexity index is 458. The molecule has 0 saturated heterocycles. The summed E-state index contributed by atoms with van der Waals surface area (Å²) in [6, 6.07) is 6.75. The Kier molecular flexibility index (Phi) is 4.20. The van der Waals surface area contributed by atoms with E-state index in [1.165, 1.54) is 0 Å². The third-order valence-corrected chi connectivity index (χ3v) is 2.98. The molecule has 0 unspecified atom stereocenters. The molecule has 0 heterocycles. The highest BCUT2D eigenvalue weighted by Crippen LogP contribution is 2.28. The molecule has 0 aromatic heterocycles. The molecule has 0 radical (unpaired) electrons. The number of rotatable bonds is 5. The summed E-state index contributed by atoms with van der Waals surface area (Å²) in [5, 5.41) is 6.04. The first kappa shape index (κ1) is 12.9. The van der Waals surface area contributed by atoms with E-state index in [9.17, 15) is 9.59 Å². The van der Waals surface area contributed by atoms with Crippen LogP contribution in [0.5, 0.6) is 0 Å². The van der Waals surface area contributed by atoms with Crippen LogP contribution in [0.4, 0.5) is 0 Å². The van der Waals surface area contributed by atoms with E-state index >= 15 is 0 Å². The van der Waals surface area contributed by atoms with Gasteiger partial charge in [0.2, 0.25) is 5.91 Å². The van der Waals surface area contributed by atoms with E-state index in [-0.39, 0.29) is 17.7 Å². The van der Waals surface area contributed by atoms with E-state index in [1.807, 2.05) is 0 Å². The molecule has 2 N–H and O–H groups in total. The standard InChI is InChI=1S/C13H15ClN2O2/c14-11-3-1-2-10(8-11)13(18)16-7-6-15-12(17)9-4-5-9/h1-3,8-9H,4-7H2,(H,15,17)(H,16,18). The van der Waals surface area contributed by atoms with Gasteiger partial charge in [-0.25, -0.2) is 0 Å². The molecule has 0 spiro atoms. The van der Waals surface area contributed by atoms with Crippen molar-refractivity contribution in [2.75, 3.05) is 13.1 Å². The highest BCUT2D eigenvalue weighted by Gasteiger charge is 2.28. The number of hydrogen-bond donors (Lipinski definition) is 2. The van der Waals surface area contributed by atoms with Crippen LogP contribution in [0.2, 0.25) is 5.02 Å². The molecule has 2 rings (SSSR count). The number of benzene rings is 1. The van der Waals surface area contributed by atoms with Crippen LogP contribution in [-0.2, 0) is 4.79 Å². The summed E-state index contributed by atoms with van der Waals surface area (Å²) < 4.78 is 0. The van der Waals surface area contributed by atoms with Crippen LogP contribution in [0.1, 0.15) is 23.2 Å². The van der Waals surface area contributed by atoms with Gasteiger partial charge in [-0.05, 0) is 31.0 Å². The van der Waals surface area contributed by atoms with E-state index in [4.69, 9.17) is 11.6 Å².